The minimum absolute atomic E-state index is 0.164. The van der Waals surface area contributed by atoms with Gasteiger partial charge in [-0.15, -0.1) is 0 Å². The first-order valence-corrected chi connectivity index (χ1v) is 11.0. The van der Waals surface area contributed by atoms with Crippen molar-refractivity contribution in [2.45, 2.75) is 43.5 Å². The highest BCUT2D eigenvalue weighted by Crippen LogP contribution is 2.37. The summed E-state index contributed by atoms with van der Waals surface area (Å²) in [5, 5.41) is 0. The van der Waals surface area contributed by atoms with E-state index in [0.717, 1.165) is 29.7 Å². The number of carbonyl (C=O) groups excluding carboxylic acids is 1. The summed E-state index contributed by atoms with van der Waals surface area (Å²) in [5.41, 5.74) is 2.74. The maximum atomic E-state index is 12.9. The van der Waals surface area contributed by atoms with Gasteiger partial charge in [0.05, 0.1) is 4.90 Å². The van der Waals surface area contributed by atoms with Gasteiger partial charge >= 0.3 is 0 Å². The van der Waals surface area contributed by atoms with Gasteiger partial charge in [-0.05, 0) is 55.0 Å². The van der Waals surface area contributed by atoms with E-state index in [4.69, 9.17) is 0 Å². The number of sulfonamides is 1. The van der Waals surface area contributed by atoms with E-state index in [9.17, 15) is 13.2 Å². The molecule has 2 aromatic rings. The molecule has 6 heteroatoms. The van der Waals surface area contributed by atoms with Gasteiger partial charge in [-0.1, -0.05) is 37.3 Å². The van der Waals surface area contributed by atoms with E-state index in [1.807, 2.05) is 42.2 Å². The van der Waals surface area contributed by atoms with E-state index in [-0.39, 0.29) is 22.8 Å². The zero-order valence-electron chi connectivity index (χ0n) is 15.4. The van der Waals surface area contributed by atoms with Gasteiger partial charge < -0.3 is 4.90 Å². The number of hydrogen-bond acceptors (Lipinski definition) is 3. The van der Waals surface area contributed by atoms with Crippen LogP contribution < -0.4 is 9.62 Å². The zero-order chi connectivity index (χ0) is 19.0. The lowest BCUT2D eigenvalue weighted by atomic mass is 10.1. The number of fused-ring (bicyclic) bond motifs is 1. The van der Waals surface area contributed by atoms with Crippen molar-refractivity contribution in [3.63, 3.8) is 0 Å². The highest BCUT2D eigenvalue weighted by molar-refractivity contribution is 7.89. The molecule has 27 heavy (non-hydrogen) atoms. The Hall–Kier alpha value is -2.18. The summed E-state index contributed by atoms with van der Waals surface area (Å²) < 4.78 is 28.7. The Morgan fingerprint density at radius 1 is 1.19 bits per heavy atom. The van der Waals surface area contributed by atoms with E-state index in [2.05, 4.69) is 4.72 Å². The molecule has 2 aliphatic rings. The van der Waals surface area contributed by atoms with Gasteiger partial charge in [-0.25, -0.2) is 13.1 Å². The Bertz CT molecular complexity index is 953. The Balaban J connectivity index is 1.57. The minimum atomic E-state index is -3.64. The van der Waals surface area contributed by atoms with E-state index in [0.29, 0.717) is 19.4 Å². The molecule has 1 unspecified atom stereocenters. The summed E-state index contributed by atoms with van der Waals surface area (Å²) in [6, 6.07) is 14.4. The van der Waals surface area contributed by atoms with Gasteiger partial charge in [0, 0.05) is 24.2 Å². The molecule has 1 atom stereocenters. The van der Waals surface area contributed by atoms with Gasteiger partial charge in [-0.2, -0.15) is 0 Å². The van der Waals surface area contributed by atoms with Crippen molar-refractivity contribution in [3.8, 4) is 0 Å². The Morgan fingerprint density at radius 3 is 2.59 bits per heavy atom. The second-order valence-corrected chi connectivity index (χ2v) is 9.01. The van der Waals surface area contributed by atoms with Gasteiger partial charge in [-0.3, -0.25) is 4.79 Å². The van der Waals surface area contributed by atoms with Crippen LogP contribution in [0.5, 0.6) is 0 Å². The van der Waals surface area contributed by atoms with Crippen molar-refractivity contribution >= 4 is 21.6 Å². The quantitative estimate of drug-likeness (QED) is 0.830. The van der Waals surface area contributed by atoms with Crippen LogP contribution in [-0.2, 0) is 21.2 Å². The lowest BCUT2D eigenvalue weighted by Gasteiger charge is -2.19. The van der Waals surface area contributed by atoms with Crippen molar-refractivity contribution in [2.75, 3.05) is 11.4 Å². The monoisotopic (exact) mass is 384 g/mol. The van der Waals surface area contributed by atoms with E-state index in [1.165, 1.54) is 0 Å². The van der Waals surface area contributed by atoms with E-state index < -0.39 is 10.0 Å². The molecule has 1 heterocycles. The first kappa shape index (κ1) is 18.2. The normalized spacial score (nSPS) is 17.6. The molecular weight excluding hydrogens is 360 g/mol. The molecule has 4 rings (SSSR count). The number of rotatable bonds is 6. The molecule has 1 saturated carbocycles. The Kier molecular flexibility index (Phi) is 4.78. The molecular formula is C21H24N2O3S. The second-order valence-electron chi connectivity index (χ2n) is 7.30. The molecule has 142 valence electrons. The maximum absolute atomic E-state index is 12.9. The maximum Gasteiger partial charge on any atom is 0.241 e. The second kappa shape index (κ2) is 7.09. The number of hydrogen-bond donors (Lipinski definition) is 1. The molecule has 0 spiro atoms. The fourth-order valence-corrected chi connectivity index (χ4v) is 5.01. The van der Waals surface area contributed by atoms with Crippen molar-refractivity contribution in [3.05, 3.63) is 59.7 Å². The number of benzene rings is 2. The average Bonchev–Trinajstić information content (AvgIpc) is 3.45. The molecule has 1 aliphatic carbocycles. The van der Waals surface area contributed by atoms with E-state index in [1.54, 1.807) is 18.2 Å². The third kappa shape index (κ3) is 3.64. The van der Waals surface area contributed by atoms with Crippen LogP contribution in [0.4, 0.5) is 5.69 Å². The zero-order valence-corrected chi connectivity index (χ0v) is 16.2. The molecule has 1 aliphatic heterocycles. The first-order chi connectivity index (χ1) is 13.0. The molecule has 0 radical (unpaired) electrons. The van der Waals surface area contributed by atoms with Crippen LogP contribution in [0, 0.1) is 5.92 Å². The number of nitrogens with zero attached hydrogens (tertiary/aromatic N) is 1. The molecule has 1 N–H and O–H groups in total. The van der Waals surface area contributed by atoms with Crippen molar-refractivity contribution in [1.82, 2.24) is 4.72 Å². The van der Waals surface area contributed by atoms with Crippen LogP contribution in [0.2, 0.25) is 0 Å². The van der Waals surface area contributed by atoms with Crippen LogP contribution in [0.1, 0.15) is 43.4 Å². The SMILES string of the molecule is CCC(NS(=O)(=O)c1ccc2c(c1)CCN2C(=O)C1CC1)c1ccccc1. The summed E-state index contributed by atoms with van der Waals surface area (Å²) in [5.74, 6) is 0.342. The summed E-state index contributed by atoms with van der Waals surface area (Å²) >= 11 is 0. The van der Waals surface area contributed by atoms with Crippen molar-refractivity contribution in [1.29, 1.82) is 0 Å². The van der Waals surface area contributed by atoms with Crippen molar-refractivity contribution in [2.24, 2.45) is 5.92 Å². The predicted molar refractivity (Wildman–Crippen MR) is 105 cm³/mol. The van der Waals surface area contributed by atoms with Gasteiger partial charge in [0.1, 0.15) is 0 Å². The smallest absolute Gasteiger partial charge is 0.241 e. The van der Waals surface area contributed by atoms with Gasteiger partial charge in [0.15, 0.2) is 0 Å². The largest absolute Gasteiger partial charge is 0.312 e. The fraction of sp³-hybridized carbons (Fsp3) is 0.381. The topological polar surface area (TPSA) is 66.5 Å². The summed E-state index contributed by atoms with van der Waals surface area (Å²) in [6.45, 7) is 2.60. The van der Waals surface area contributed by atoms with Crippen molar-refractivity contribution < 1.29 is 13.2 Å². The predicted octanol–water partition coefficient (Wildman–Crippen LogP) is 3.42. The standard InChI is InChI=1S/C21H24N2O3S/c1-2-19(15-6-4-3-5-7-15)22-27(25,26)18-10-11-20-17(14-18)12-13-23(20)21(24)16-8-9-16/h3-7,10-11,14,16,19,22H,2,8-9,12-13H2,1H3. The molecule has 0 bridgehead atoms. The minimum Gasteiger partial charge on any atom is -0.312 e. The summed E-state index contributed by atoms with van der Waals surface area (Å²) in [4.78, 5) is 14.5. The van der Waals surface area contributed by atoms with Crippen LogP contribution in [0.25, 0.3) is 0 Å². The number of amides is 1. The van der Waals surface area contributed by atoms with Gasteiger partial charge in [0.2, 0.25) is 15.9 Å². The molecule has 5 nitrogen and oxygen atoms in total. The Morgan fingerprint density at radius 2 is 1.93 bits per heavy atom. The summed E-state index contributed by atoms with van der Waals surface area (Å²) in [6.07, 6.45) is 3.31. The van der Waals surface area contributed by atoms with E-state index >= 15 is 0 Å². The molecule has 2 aromatic carbocycles. The highest BCUT2D eigenvalue weighted by atomic mass is 32.2. The summed E-state index contributed by atoms with van der Waals surface area (Å²) in [7, 11) is -3.64. The number of nitrogens with one attached hydrogen (secondary N) is 1. The van der Waals surface area contributed by atoms with Crippen LogP contribution in [0.15, 0.2) is 53.4 Å². The molecule has 1 amide bonds. The Labute approximate surface area is 160 Å². The highest BCUT2D eigenvalue weighted by Gasteiger charge is 2.36. The number of carbonyl (C=O) groups is 1. The fourth-order valence-electron chi connectivity index (χ4n) is 3.65. The molecule has 0 aromatic heterocycles. The first-order valence-electron chi connectivity index (χ1n) is 9.51. The van der Waals surface area contributed by atoms with Gasteiger partial charge in [0.25, 0.3) is 0 Å². The third-order valence-corrected chi connectivity index (χ3v) is 6.83. The van der Waals surface area contributed by atoms with Crippen LogP contribution in [-0.4, -0.2) is 20.9 Å². The van der Waals surface area contributed by atoms with Crippen LogP contribution in [0.3, 0.4) is 0 Å². The number of anilines is 1. The lowest BCUT2D eigenvalue weighted by Crippen LogP contribution is -2.30. The lowest BCUT2D eigenvalue weighted by molar-refractivity contribution is -0.119. The van der Waals surface area contributed by atoms with Crippen LogP contribution >= 0.6 is 0 Å². The molecule has 1 fully saturated rings. The third-order valence-electron chi connectivity index (χ3n) is 5.36. The average molecular weight is 385 g/mol. The molecule has 0 saturated heterocycles.